The van der Waals surface area contributed by atoms with Crippen molar-refractivity contribution in [3.63, 3.8) is 0 Å². The maximum Gasteiger partial charge on any atom is 0.335 e. The standard InChI is InChI=1S/C28H22ClIN4O8/c1-3-41-23-12-16(11-22(30)25(23)42-14-24(35)31-17-5-4-15(2)21(29)13-17)10-20-26(36)32-28(38)33(27(20)37)18-6-8-19(9-7-18)34(39)40/h4-13H,3,14H2,1-2H3,(H,31,35)(H,32,36,38)/b20-10-. The van der Waals surface area contributed by atoms with Gasteiger partial charge in [-0.15, -0.1) is 0 Å². The molecule has 0 aliphatic carbocycles. The second kappa shape index (κ2) is 13.0. The van der Waals surface area contributed by atoms with E-state index in [0.29, 0.717) is 24.7 Å². The van der Waals surface area contributed by atoms with Gasteiger partial charge in [0.15, 0.2) is 18.1 Å². The van der Waals surface area contributed by atoms with Crippen molar-refractivity contribution in [2.24, 2.45) is 0 Å². The highest BCUT2D eigenvalue weighted by Gasteiger charge is 2.37. The number of halogens is 2. The second-order valence-corrected chi connectivity index (χ2v) is 10.4. The number of urea groups is 1. The van der Waals surface area contributed by atoms with Crippen molar-refractivity contribution in [1.29, 1.82) is 0 Å². The highest BCUT2D eigenvalue weighted by atomic mass is 127. The van der Waals surface area contributed by atoms with Crippen molar-refractivity contribution in [1.82, 2.24) is 5.32 Å². The molecule has 1 saturated heterocycles. The van der Waals surface area contributed by atoms with Crippen LogP contribution < -0.4 is 25.0 Å². The Balaban J connectivity index is 1.57. The number of nitrogens with one attached hydrogen (secondary N) is 2. The van der Waals surface area contributed by atoms with Gasteiger partial charge in [-0.05, 0) is 90.0 Å². The Kier molecular flexibility index (Phi) is 9.42. The van der Waals surface area contributed by atoms with Crippen LogP contribution in [0.3, 0.4) is 0 Å². The number of amides is 5. The van der Waals surface area contributed by atoms with Crippen LogP contribution in [-0.2, 0) is 14.4 Å². The van der Waals surface area contributed by atoms with Crippen molar-refractivity contribution < 1.29 is 33.6 Å². The molecule has 3 aromatic rings. The molecule has 4 rings (SSSR count). The van der Waals surface area contributed by atoms with Crippen molar-refractivity contribution in [2.45, 2.75) is 13.8 Å². The monoisotopic (exact) mass is 704 g/mol. The van der Waals surface area contributed by atoms with Crippen molar-refractivity contribution in [3.05, 3.63) is 90.0 Å². The predicted octanol–water partition coefficient (Wildman–Crippen LogP) is 5.24. The number of ether oxygens (including phenoxy) is 2. The smallest absolute Gasteiger partial charge is 0.335 e. The summed E-state index contributed by atoms with van der Waals surface area (Å²) in [4.78, 5) is 61.9. The molecule has 1 aliphatic heterocycles. The molecule has 0 spiro atoms. The third-order valence-electron chi connectivity index (χ3n) is 5.87. The summed E-state index contributed by atoms with van der Waals surface area (Å²) >= 11 is 8.09. The molecular weight excluding hydrogens is 683 g/mol. The molecule has 0 atom stereocenters. The molecule has 1 heterocycles. The lowest BCUT2D eigenvalue weighted by molar-refractivity contribution is -0.384. The first-order valence-corrected chi connectivity index (χ1v) is 13.7. The molecule has 0 unspecified atom stereocenters. The van der Waals surface area contributed by atoms with E-state index in [9.17, 15) is 29.3 Å². The van der Waals surface area contributed by atoms with Gasteiger partial charge in [0.2, 0.25) is 0 Å². The van der Waals surface area contributed by atoms with Crippen LogP contribution in [0.4, 0.5) is 21.9 Å². The van der Waals surface area contributed by atoms with Crippen molar-refractivity contribution >= 4 is 81.1 Å². The number of nitro benzene ring substituents is 1. The average Bonchev–Trinajstić information content (AvgIpc) is 2.93. The Labute approximate surface area is 257 Å². The molecule has 14 heteroatoms. The molecule has 42 heavy (non-hydrogen) atoms. The topological polar surface area (TPSA) is 157 Å². The summed E-state index contributed by atoms with van der Waals surface area (Å²) in [5, 5.41) is 16.3. The minimum Gasteiger partial charge on any atom is -0.490 e. The number of barbiturate groups is 1. The Morgan fingerprint density at radius 3 is 2.48 bits per heavy atom. The molecule has 216 valence electrons. The van der Waals surface area contributed by atoms with Crippen LogP contribution in [0.25, 0.3) is 6.08 Å². The molecule has 12 nitrogen and oxygen atoms in total. The van der Waals surface area contributed by atoms with Crippen molar-refractivity contribution in [3.8, 4) is 11.5 Å². The SMILES string of the molecule is CCOc1cc(/C=C2/C(=O)NC(=O)N(c3ccc([N+](=O)[O-])cc3)C2=O)cc(I)c1OCC(=O)Nc1ccc(C)c(Cl)c1. The number of carbonyl (C=O) groups is 4. The molecule has 3 aromatic carbocycles. The molecule has 0 radical (unpaired) electrons. The maximum absolute atomic E-state index is 13.2. The summed E-state index contributed by atoms with van der Waals surface area (Å²) in [5.74, 6) is -1.73. The number of nitrogens with zero attached hydrogens (tertiary/aromatic N) is 2. The zero-order chi connectivity index (χ0) is 30.6. The second-order valence-electron chi connectivity index (χ2n) is 8.80. The molecule has 1 aliphatic rings. The number of hydrogen-bond donors (Lipinski definition) is 2. The molecule has 0 saturated carbocycles. The van der Waals surface area contributed by atoms with E-state index in [4.69, 9.17) is 21.1 Å². The van der Waals surface area contributed by atoms with Gasteiger partial charge in [0.05, 0.1) is 20.8 Å². The van der Waals surface area contributed by atoms with Gasteiger partial charge < -0.3 is 14.8 Å². The zero-order valence-electron chi connectivity index (χ0n) is 22.1. The lowest BCUT2D eigenvalue weighted by Gasteiger charge is -2.26. The van der Waals surface area contributed by atoms with Crippen LogP contribution in [0, 0.1) is 20.6 Å². The minimum absolute atomic E-state index is 0.0426. The summed E-state index contributed by atoms with van der Waals surface area (Å²) in [7, 11) is 0. The summed E-state index contributed by atoms with van der Waals surface area (Å²) in [5.41, 5.74) is 1.22. The van der Waals surface area contributed by atoms with E-state index in [-0.39, 0.29) is 41.7 Å². The molecule has 0 bridgehead atoms. The van der Waals surface area contributed by atoms with Crippen LogP contribution in [0.1, 0.15) is 18.1 Å². The van der Waals surface area contributed by atoms with E-state index in [1.807, 2.05) is 29.5 Å². The number of benzene rings is 3. The van der Waals surface area contributed by atoms with E-state index < -0.39 is 28.7 Å². The molecule has 5 amide bonds. The molecule has 1 fully saturated rings. The summed E-state index contributed by atoms with van der Waals surface area (Å²) in [6.07, 6.45) is 1.28. The number of nitro groups is 1. The van der Waals surface area contributed by atoms with Crippen LogP contribution in [0.5, 0.6) is 11.5 Å². The Hall–Kier alpha value is -4.50. The number of rotatable bonds is 9. The van der Waals surface area contributed by atoms with Gasteiger partial charge in [0.1, 0.15) is 5.57 Å². The van der Waals surface area contributed by atoms with Gasteiger partial charge in [0, 0.05) is 22.8 Å². The average molecular weight is 705 g/mol. The van der Waals surface area contributed by atoms with Crippen LogP contribution in [-0.4, -0.2) is 41.9 Å². The molecule has 2 N–H and O–H groups in total. The Morgan fingerprint density at radius 2 is 1.83 bits per heavy atom. The normalized spacial score (nSPS) is 14.0. The third-order valence-corrected chi connectivity index (χ3v) is 7.07. The maximum atomic E-state index is 13.2. The highest BCUT2D eigenvalue weighted by molar-refractivity contribution is 14.1. The van der Waals surface area contributed by atoms with Gasteiger partial charge in [-0.2, -0.15) is 0 Å². The zero-order valence-corrected chi connectivity index (χ0v) is 25.0. The third kappa shape index (κ3) is 6.86. The predicted molar refractivity (Wildman–Crippen MR) is 163 cm³/mol. The first-order chi connectivity index (χ1) is 20.0. The van der Waals surface area contributed by atoms with E-state index >= 15 is 0 Å². The fourth-order valence-corrected chi connectivity index (χ4v) is 4.82. The molecule has 0 aromatic heterocycles. The lowest BCUT2D eigenvalue weighted by Crippen LogP contribution is -2.54. The largest absolute Gasteiger partial charge is 0.490 e. The van der Waals surface area contributed by atoms with Gasteiger partial charge in [-0.1, -0.05) is 17.7 Å². The first-order valence-electron chi connectivity index (χ1n) is 12.3. The fourth-order valence-electron chi connectivity index (χ4n) is 3.86. The van der Waals surface area contributed by atoms with Gasteiger partial charge >= 0.3 is 6.03 Å². The van der Waals surface area contributed by atoms with E-state index in [1.165, 1.54) is 24.3 Å². The summed E-state index contributed by atoms with van der Waals surface area (Å²) in [6, 6.07) is 12.0. The van der Waals surface area contributed by atoms with E-state index in [0.717, 1.165) is 17.7 Å². The Morgan fingerprint density at radius 1 is 1.12 bits per heavy atom. The number of anilines is 2. The van der Waals surface area contributed by atoms with E-state index in [1.54, 1.807) is 31.2 Å². The van der Waals surface area contributed by atoms with Crippen LogP contribution >= 0.6 is 34.2 Å². The number of hydrogen-bond acceptors (Lipinski definition) is 8. The highest BCUT2D eigenvalue weighted by Crippen LogP contribution is 2.35. The Bertz CT molecular complexity index is 1640. The van der Waals surface area contributed by atoms with Crippen LogP contribution in [0.15, 0.2) is 60.2 Å². The number of aryl methyl sites for hydroxylation is 1. The van der Waals surface area contributed by atoms with Gasteiger partial charge in [-0.3, -0.25) is 29.8 Å². The minimum atomic E-state index is -0.990. The number of carbonyl (C=O) groups excluding carboxylic acids is 4. The first kappa shape index (κ1) is 30.5. The quantitative estimate of drug-likeness (QED) is 0.101. The van der Waals surface area contributed by atoms with Gasteiger partial charge in [0.25, 0.3) is 23.4 Å². The number of imide groups is 2. The summed E-state index contributed by atoms with van der Waals surface area (Å²) < 4.78 is 12.0. The van der Waals surface area contributed by atoms with E-state index in [2.05, 4.69) is 10.6 Å². The number of non-ortho nitro benzene ring substituents is 1. The fraction of sp³-hybridized carbons (Fsp3) is 0.143. The lowest BCUT2D eigenvalue weighted by atomic mass is 10.1. The molecular formula is C28H22ClIN4O8. The van der Waals surface area contributed by atoms with Gasteiger partial charge in [-0.25, -0.2) is 9.69 Å². The van der Waals surface area contributed by atoms with Crippen molar-refractivity contribution in [2.75, 3.05) is 23.4 Å². The summed E-state index contributed by atoms with van der Waals surface area (Å²) in [6.45, 7) is 3.51. The van der Waals surface area contributed by atoms with Crippen LogP contribution in [0.2, 0.25) is 5.02 Å².